The molecule has 0 aromatic heterocycles. The molecule has 2 aliphatic rings. The van der Waals surface area contributed by atoms with Gasteiger partial charge in [-0.2, -0.15) is 0 Å². The Balaban J connectivity index is 1.86. The third-order valence-electron chi connectivity index (χ3n) is 3.64. The summed E-state index contributed by atoms with van der Waals surface area (Å²) in [7, 11) is 0. The van der Waals surface area contributed by atoms with Gasteiger partial charge in [-0.3, -0.25) is 9.59 Å². The van der Waals surface area contributed by atoms with Gasteiger partial charge < -0.3 is 24.4 Å². The summed E-state index contributed by atoms with van der Waals surface area (Å²) in [5.41, 5.74) is 1.48. The number of ether oxygens (including phenoxy) is 3. The molecular weight excluding hydrogens is 288 g/mol. The van der Waals surface area contributed by atoms with Crippen LogP contribution in [-0.4, -0.2) is 37.9 Å². The maximum absolute atomic E-state index is 12.4. The number of nitrogens with zero attached hydrogens (tertiary/aromatic N) is 1. The second-order valence-corrected chi connectivity index (χ2v) is 5.13. The van der Waals surface area contributed by atoms with Crippen LogP contribution in [0, 0.1) is 0 Å². The Hall–Kier alpha value is -2.44. The predicted molar refractivity (Wildman–Crippen MR) is 79.3 cm³/mol. The van der Waals surface area contributed by atoms with Gasteiger partial charge in [0.25, 0.3) is 0 Å². The van der Waals surface area contributed by atoms with Crippen molar-refractivity contribution in [1.82, 2.24) is 0 Å². The van der Waals surface area contributed by atoms with E-state index in [-0.39, 0.29) is 37.7 Å². The fourth-order valence-corrected chi connectivity index (χ4v) is 2.58. The average Bonchev–Trinajstić information content (AvgIpc) is 2.93. The summed E-state index contributed by atoms with van der Waals surface area (Å²) in [5.74, 6) is 0.849. The van der Waals surface area contributed by atoms with Gasteiger partial charge in [-0.25, -0.2) is 0 Å². The van der Waals surface area contributed by atoms with E-state index in [0.717, 1.165) is 5.69 Å². The Kier molecular flexibility index (Phi) is 3.79. The van der Waals surface area contributed by atoms with Gasteiger partial charge in [0.15, 0.2) is 11.5 Å². The number of benzene rings is 1. The number of nitrogens with one attached hydrogen (secondary N) is 1. The number of amides is 1. The van der Waals surface area contributed by atoms with Gasteiger partial charge in [-0.05, 0) is 13.8 Å². The van der Waals surface area contributed by atoms with Gasteiger partial charge in [-0.15, -0.1) is 0 Å². The molecule has 2 aliphatic heterocycles. The minimum absolute atomic E-state index is 0.0873. The second-order valence-electron chi connectivity index (χ2n) is 5.13. The first-order valence-electron chi connectivity index (χ1n) is 7.27. The highest BCUT2D eigenvalue weighted by atomic mass is 16.7. The topological polar surface area (TPSA) is 77.1 Å². The molecule has 2 heterocycles. The van der Waals surface area contributed by atoms with E-state index in [0.29, 0.717) is 23.8 Å². The van der Waals surface area contributed by atoms with Crippen LogP contribution in [0.5, 0.6) is 11.5 Å². The number of anilines is 2. The molecule has 0 saturated heterocycles. The molecule has 0 saturated carbocycles. The lowest BCUT2D eigenvalue weighted by Crippen LogP contribution is -2.46. The van der Waals surface area contributed by atoms with Crippen molar-refractivity contribution < 1.29 is 23.8 Å². The van der Waals surface area contributed by atoms with Crippen LogP contribution in [0.15, 0.2) is 12.1 Å². The number of hydrogen-bond donors (Lipinski definition) is 1. The number of carbonyl (C=O) groups is 2. The maximum atomic E-state index is 12.4. The molecule has 1 aromatic rings. The van der Waals surface area contributed by atoms with Crippen LogP contribution < -0.4 is 19.7 Å². The van der Waals surface area contributed by atoms with Gasteiger partial charge >= 0.3 is 5.97 Å². The lowest BCUT2D eigenvalue weighted by Gasteiger charge is -2.33. The van der Waals surface area contributed by atoms with E-state index in [1.807, 2.05) is 6.07 Å². The Morgan fingerprint density at radius 2 is 2.14 bits per heavy atom. The third-order valence-corrected chi connectivity index (χ3v) is 3.64. The zero-order valence-electron chi connectivity index (χ0n) is 12.5. The highest BCUT2D eigenvalue weighted by molar-refractivity contribution is 6.05. The molecule has 0 radical (unpaired) electrons. The van der Waals surface area contributed by atoms with Crippen molar-refractivity contribution in [1.29, 1.82) is 0 Å². The van der Waals surface area contributed by atoms with Crippen molar-refractivity contribution >= 4 is 23.3 Å². The second kappa shape index (κ2) is 5.75. The first kappa shape index (κ1) is 14.5. The van der Waals surface area contributed by atoms with Gasteiger partial charge in [0.2, 0.25) is 12.7 Å². The highest BCUT2D eigenvalue weighted by Crippen LogP contribution is 2.43. The molecular formula is C15H18N2O5. The molecule has 1 aromatic carbocycles. The summed E-state index contributed by atoms with van der Waals surface area (Å²) in [5, 5.41) is 3.14. The quantitative estimate of drug-likeness (QED) is 0.850. The van der Waals surface area contributed by atoms with Crippen molar-refractivity contribution in [3.63, 3.8) is 0 Å². The number of hydrogen-bond acceptors (Lipinski definition) is 6. The van der Waals surface area contributed by atoms with Crippen molar-refractivity contribution in [2.24, 2.45) is 0 Å². The monoisotopic (exact) mass is 306 g/mol. The van der Waals surface area contributed by atoms with Gasteiger partial charge in [0.05, 0.1) is 24.4 Å². The lowest BCUT2D eigenvalue weighted by molar-refractivity contribution is -0.142. The summed E-state index contributed by atoms with van der Waals surface area (Å²) in [6.07, 6.45) is 0.153. The summed E-state index contributed by atoms with van der Waals surface area (Å²) in [6.45, 7) is 4.32. The van der Waals surface area contributed by atoms with E-state index in [9.17, 15) is 9.59 Å². The molecule has 0 spiro atoms. The summed E-state index contributed by atoms with van der Waals surface area (Å²) >= 11 is 0. The molecule has 22 heavy (non-hydrogen) atoms. The van der Waals surface area contributed by atoms with Crippen LogP contribution in [-0.2, 0) is 14.3 Å². The molecule has 3 rings (SSSR count). The third kappa shape index (κ3) is 2.54. The van der Waals surface area contributed by atoms with E-state index in [1.54, 1.807) is 24.8 Å². The lowest BCUT2D eigenvalue weighted by atomic mass is 10.1. The molecule has 1 unspecified atom stereocenters. The Morgan fingerprint density at radius 3 is 2.86 bits per heavy atom. The van der Waals surface area contributed by atoms with E-state index in [1.165, 1.54) is 0 Å². The van der Waals surface area contributed by atoms with E-state index < -0.39 is 0 Å². The summed E-state index contributed by atoms with van der Waals surface area (Å²) in [4.78, 5) is 25.5. The maximum Gasteiger partial charge on any atom is 0.307 e. The molecule has 0 aliphatic carbocycles. The molecule has 1 atom stereocenters. The Morgan fingerprint density at radius 1 is 1.41 bits per heavy atom. The van der Waals surface area contributed by atoms with Gasteiger partial charge in [0, 0.05) is 18.7 Å². The van der Waals surface area contributed by atoms with Crippen molar-refractivity contribution in [2.75, 3.05) is 30.2 Å². The number of carbonyl (C=O) groups excluding carboxylic acids is 2. The largest absolute Gasteiger partial charge is 0.466 e. The van der Waals surface area contributed by atoms with Gasteiger partial charge in [-0.1, -0.05) is 0 Å². The van der Waals surface area contributed by atoms with E-state index in [2.05, 4.69) is 5.32 Å². The van der Waals surface area contributed by atoms with E-state index >= 15 is 0 Å². The Labute approximate surface area is 128 Å². The predicted octanol–water partition coefficient (Wildman–Crippen LogP) is 1.52. The smallest absolute Gasteiger partial charge is 0.307 e. The average molecular weight is 306 g/mol. The van der Waals surface area contributed by atoms with Crippen LogP contribution >= 0.6 is 0 Å². The first-order chi connectivity index (χ1) is 10.6. The van der Waals surface area contributed by atoms with Crippen LogP contribution in [0.1, 0.15) is 20.3 Å². The molecule has 0 fully saturated rings. The fraction of sp³-hybridized carbons (Fsp3) is 0.467. The van der Waals surface area contributed by atoms with E-state index in [4.69, 9.17) is 14.2 Å². The normalized spacial score (nSPS) is 18.7. The number of rotatable bonds is 4. The van der Waals surface area contributed by atoms with Gasteiger partial charge in [0.1, 0.15) is 6.04 Å². The standard InChI is InChI=1S/C15H18N2O5/c1-3-20-14(18)4-5-17-11-7-13-12(21-8-22-13)6-10(11)16-9(2)15(17)19/h6-7,9,16H,3-5,8H2,1-2H3. The molecule has 1 N–H and O–H groups in total. The first-order valence-corrected chi connectivity index (χ1v) is 7.27. The molecule has 7 nitrogen and oxygen atoms in total. The van der Waals surface area contributed by atoms with Crippen molar-refractivity contribution in [3.05, 3.63) is 12.1 Å². The minimum atomic E-state index is -0.366. The molecule has 118 valence electrons. The Bertz CT molecular complexity index is 616. The molecule has 7 heteroatoms. The number of fused-ring (bicyclic) bond motifs is 2. The minimum Gasteiger partial charge on any atom is -0.466 e. The van der Waals surface area contributed by atoms with Crippen LogP contribution in [0.2, 0.25) is 0 Å². The molecule has 0 bridgehead atoms. The summed E-state index contributed by atoms with van der Waals surface area (Å²) < 4.78 is 15.6. The van der Waals surface area contributed by atoms with Crippen molar-refractivity contribution in [2.45, 2.75) is 26.3 Å². The number of esters is 1. The van der Waals surface area contributed by atoms with Crippen LogP contribution in [0.4, 0.5) is 11.4 Å². The molecule has 1 amide bonds. The highest BCUT2D eigenvalue weighted by Gasteiger charge is 2.32. The van der Waals surface area contributed by atoms with Crippen LogP contribution in [0.3, 0.4) is 0 Å². The van der Waals surface area contributed by atoms with Crippen LogP contribution in [0.25, 0.3) is 0 Å². The zero-order valence-corrected chi connectivity index (χ0v) is 12.5. The fourth-order valence-electron chi connectivity index (χ4n) is 2.58. The SMILES string of the molecule is CCOC(=O)CCN1C(=O)C(C)Nc2cc3c(cc21)OCO3. The summed E-state index contributed by atoms with van der Waals surface area (Å²) in [6, 6.07) is 3.22. The zero-order chi connectivity index (χ0) is 15.7. The van der Waals surface area contributed by atoms with Crippen molar-refractivity contribution in [3.8, 4) is 11.5 Å².